The minimum absolute atomic E-state index is 0.0501. The van der Waals surface area contributed by atoms with Crippen LogP contribution in [0, 0.1) is 5.92 Å². The molecular formula is C28H53N6O3+. The molecule has 4 aliphatic heterocycles. The molecule has 0 aromatic rings. The predicted molar refractivity (Wildman–Crippen MR) is 146 cm³/mol. The minimum Gasteiger partial charge on any atom is -0.373 e. The van der Waals surface area contributed by atoms with E-state index in [9.17, 15) is 9.59 Å². The second-order valence-electron chi connectivity index (χ2n) is 12.5. The number of rotatable bonds is 6. The molecule has 0 aromatic heterocycles. The van der Waals surface area contributed by atoms with Crippen LogP contribution in [0.5, 0.6) is 0 Å². The van der Waals surface area contributed by atoms with Crippen molar-refractivity contribution in [1.82, 2.24) is 20.1 Å². The van der Waals surface area contributed by atoms with Gasteiger partial charge in [0, 0.05) is 51.6 Å². The summed E-state index contributed by atoms with van der Waals surface area (Å²) in [5, 5.41) is 0. The maximum atomic E-state index is 13.8. The SMILES string of the molecule is CC1CCN(CCC2CCCC[N+]2(NC(=O)N2CCCCC2CCN2CC(C)OC(C)C2)C(N)=O)CC1. The number of nitrogens with two attached hydrogens (primary N) is 1. The molecule has 212 valence electrons. The lowest BCUT2D eigenvalue weighted by molar-refractivity contribution is -0.914. The van der Waals surface area contributed by atoms with Gasteiger partial charge < -0.3 is 20.3 Å². The maximum Gasteiger partial charge on any atom is 0.438 e. The average molecular weight is 522 g/mol. The van der Waals surface area contributed by atoms with Crippen molar-refractivity contribution >= 4 is 12.1 Å². The van der Waals surface area contributed by atoms with E-state index in [0.717, 1.165) is 103 Å². The number of nitrogens with one attached hydrogen (secondary N) is 1. The third kappa shape index (κ3) is 7.37. The van der Waals surface area contributed by atoms with Gasteiger partial charge in [-0.1, -0.05) is 6.92 Å². The Labute approximate surface area is 224 Å². The molecule has 4 heterocycles. The molecule has 0 radical (unpaired) electrons. The Bertz CT molecular complexity index is 750. The van der Waals surface area contributed by atoms with E-state index in [1.165, 1.54) is 12.8 Å². The van der Waals surface area contributed by atoms with E-state index in [1.807, 2.05) is 4.90 Å². The van der Waals surface area contributed by atoms with E-state index >= 15 is 0 Å². The number of urea groups is 2. The van der Waals surface area contributed by atoms with E-state index in [0.29, 0.717) is 6.54 Å². The van der Waals surface area contributed by atoms with Gasteiger partial charge in [-0.15, -0.1) is 4.59 Å². The minimum atomic E-state index is -0.407. The smallest absolute Gasteiger partial charge is 0.373 e. The summed E-state index contributed by atoms with van der Waals surface area (Å²) in [5.74, 6) is 0.804. The van der Waals surface area contributed by atoms with Crippen LogP contribution >= 0.6 is 0 Å². The summed E-state index contributed by atoms with van der Waals surface area (Å²) in [5.41, 5.74) is 9.31. The normalized spacial score (nSPS) is 34.8. The van der Waals surface area contributed by atoms with Crippen molar-refractivity contribution in [3.05, 3.63) is 0 Å². The van der Waals surface area contributed by atoms with Gasteiger partial charge in [-0.05, 0) is 84.2 Å². The van der Waals surface area contributed by atoms with Gasteiger partial charge in [0.15, 0.2) is 0 Å². The quantitative estimate of drug-likeness (QED) is 0.522. The van der Waals surface area contributed by atoms with E-state index in [1.54, 1.807) is 0 Å². The fraction of sp³-hybridized carbons (Fsp3) is 0.929. The van der Waals surface area contributed by atoms with E-state index in [-0.39, 0.29) is 34.9 Å². The highest BCUT2D eigenvalue weighted by Gasteiger charge is 2.48. The van der Waals surface area contributed by atoms with Crippen LogP contribution in [0.15, 0.2) is 0 Å². The lowest BCUT2D eigenvalue weighted by atomic mass is 9.96. The third-order valence-electron chi connectivity index (χ3n) is 9.43. The number of quaternary nitrogens is 1. The monoisotopic (exact) mass is 521 g/mol. The standard InChI is InChI=1S/C28H52N6O3/c1-22-10-15-31(16-11-22)18-13-26-9-5-7-19-34(26,27(29)35)30-28(36)33-14-6-4-8-25(33)12-17-32-20-23(2)37-24(3)21-32/h22-26H,4-21H2,1-3H3,(H2-,29,30,35,36)/p+1. The van der Waals surface area contributed by atoms with Crippen LogP contribution in [0.3, 0.4) is 0 Å². The molecule has 3 N–H and O–H groups in total. The molecule has 37 heavy (non-hydrogen) atoms. The van der Waals surface area contributed by atoms with E-state index < -0.39 is 6.03 Å². The Kier molecular flexibility index (Phi) is 10.1. The highest BCUT2D eigenvalue weighted by atomic mass is 16.5. The van der Waals surface area contributed by atoms with Gasteiger partial charge in [-0.2, -0.15) is 5.43 Å². The first-order valence-electron chi connectivity index (χ1n) is 15.1. The van der Waals surface area contributed by atoms with Crippen molar-refractivity contribution in [3.8, 4) is 0 Å². The Balaban J connectivity index is 1.38. The second kappa shape index (κ2) is 13.1. The average Bonchev–Trinajstić information content (AvgIpc) is 2.87. The molecule has 4 amide bonds. The first kappa shape index (κ1) is 28.6. The number of carbonyl (C=O) groups excluding carboxylic acids is 2. The third-order valence-corrected chi connectivity index (χ3v) is 9.43. The van der Waals surface area contributed by atoms with Crippen LogP contribution in [0.2, 0.25) is 0 Å². The van der Waals surface area contributed by atoms with Crippen molar-refractivity contribution in [3.63, 3.8) is 0 Å². The molecule has 4 aliphatic rings. The second-order valence-corrected chi connectivity index (χ2v) is 12.5. The fourth-order valence-electron chi connectivity index (χ4n) is 7.22. The van der Waals surface area contributed by atoms with Crippen molar-refractivity contribution in [2.24, 2.45) is 11.7 Å². The zero-order valence-corrected chi connectivity index (χ0v) is 23.7. The number of likely N-dealkylation sites (tertiary alicyclic amines) is 3. The highest BCUT2D eigenvalue weighted by Crippen LogP contribution is 2.29. The Morgan fingerprint density at radius 1 is 0.865 bits per heavy atom. The number of nitrogens with zero attached hydrogens (tertiary/aromatic N) is 4. The molecule has 0 spiro atoms. The highest BCUT2D eigenvalue weighted by molar-refractivity contribution is 5.76. The number of primary amides is 1. The molecule has 0 aliphatic carbocycles. The lowest BCUT2D eigenvalue weighted by Gasteiger charge is -2.45. The topological polar surface area (TPSA) is 91.1 Å². The number of carbonyl (C=O) groups is 2. The number of piperidine rings is 3. The van der Waals surface area contributed by atoms with Gasteiger partial charge in [0.05, 0.1) is 12.2 Å². The summed E-state index contributed by atoms with van der Waals surface area (Å²) < 4.78 is 5.82. The van der Waals surface area contributed by atoms with Crippen molar-refractivity contribution in [1.29, 1.82) is 0 Å². The van der Waals surface area contributed by atoms with Crippen LogP contribution < -0.4 is 11.2 Å². The van der Waals surface area contributed by atoms with Crippen LogP contribution in [-0.4, -0.2) is 108 Å². The van der Waals surface area contributed by atoms with Crippen molar-refractivity contribution in [2.45, 2.75) is 109 Å². The molecule has 4 fully saturated rings. The zero-order chi connectivity index (χ0) is 26.4. The Hall–Kier alpha value is -1.42. The number of hydrogen-bond donors (Lipinski definition) is 2. The van der Waals surface area contributed by atoms with Crippen molar-refractivity contribution in [2.75, 3.05) is 52.4 Å². The molecule has 4 saturated heterocycles. The Morgan fingerprint density at radius 3 is 2.24 bits per heavy atom. The number of ether oxygens (including phenoxy) is 1. The van der Waals surface area contributed by atoms with Crippen LogP contribution in [0.1, 0.15) is 85.0 Å². The predicted octanol–water partition coefficient (Wildman–Crippen LogP) is 3.53. The number of amides is 4. The molecule has 0 bridgehead atoms. The van der Waals surface area contributed by atoms with Crippen molar-refractivity contribution < 1.29 is 18.9 Å². The first-order chi connectivity index (χ1) is 17.8. The van der Waals surface area contributed by atoms with Gasteiger partial charge in [0.2, 0.25) is 0 Å². The largest absolute Gasteiger partial charge is 0.438 e. The van der Waals surface area contributed by atoms with E-state index in [4.69, 9.17) is 10.5 Å². The lowest BCUT2D eigenvalue weighted by Crippen LogP contribution is -2.73. The zero-order valence-electron chi connectivity index (χ0n) is 23.7. The van der Waals surface area contributed by atoms with Crippen LogP contribution in [0.25, 0.3) is 0 Å². The van der Waals surface area contributed by atoms with E-state index in [2.05, 4.69) is 36.0 Å². The summed E-state index contributed by atoms with van der Waals surface area (Å²) in [6.07, 6.45) is 11.0. The summed E-state index contributed by atoms with van der Waals surface area (Å²) in [4.78, 5) is 33.8. The molecule has 9 heteroatoms. The molecule has 4 rings (SSSR count). The fourth-order valence-corrected chi connectivity index (χ4v) is 7.22. The molecule has 0 aromatic carbocycles. The van der Waals surface area contributed by atoms with Crippen LogP contribution in [-0.2, 0) is 4.74 Å². The van der Waals surface area contributed by atoms with Gasteiger partial charge in [-0.3, -0.25) is 4.90 Å². The summed E-state index contributed by atoms with van der Waals surface area (Å²) >= 11 is 0. The molecule has 5 unspecified atom stereocenters. The number of hydrogen-bond acceptors (Lipinski definition) is 5. The molecule has 0 saturated carbocycles. The number of morpholine rings is 1. The summed E-state index contributed by atoms with van der Waals surface area (Å²) in [7, 11) is 0. The molecule has 5 atom stereocenters. The summed E-state index contributed by atoms with van der Waals surface area (Å²) in [6.45, 7) is 14.1. The molecule has 9 nitrogen and oxygen atoms in total. The summed E-state index contributed by atoms with van der Waals surface area (Å²) in [6, 6.07) is -0.260. The molecular weight excluding hydrogens is 468 g/mol. The van der Waals surface area contributed by atoms with Gasteiger partial charge in [-0.25, -0.2) is 9.59 Å². The van der Waals surface area contributed by atoms with Gasteiger partial charge in [0.1, 0.15) is 12.6 Å². The van der Waals surface area contributed by atoms with Crippen LogP contribution in [0.4, 0.5) is 9.59 Å². The maximum absolute atomic E-state index is 13.8. The van der Waals surface area contributed by atoms with Gasteiger partial charge >= 0.3 is 12.1 Å². The first-order valence-corrected chi connectivity index (χ1v) is 15.1. The van der Waals surface area contributed by atoms with Gasteiger partial charge in [0.25, 0.3) is 0 Å². The Morgan fingerprint density at radius 2 is 1.54 bits per heavy atom.